The quantitative estimate of drug-likeness (QED) is 0.393. The van der Waals surface area contributed by atoms with E-state index in [4.69, 9.17) is 10.5 Å². The van der Waals surface area contributed by atoms with Gasteiger partial charge < -0.3 is 10.5 Å². The lowest BCUT2D eigenvalue weighted by atomic mass is 10.2. The molecule has 0 aliphatic heterocycles. The van der Waals surface area contributed by atoms with E-state index in [9.17, 15) is 4.79 Å². The molecule has 0 aromatic heterocycles. The first-order valence-corrected chi connectivity index (χ1v) is 5.94. The number of rotatable bonds is 5. The van der Waals surface area contributed by atoms with Gasteiger partial charge in [0.15, 0.2) is 5.75 Å². The van der Waals surface area contributed by atoms with Crippen molar-refractivity contribution in [3.63, 3.8) is 0 Å². The van der Waals surface area contributed by atoms with Crippen molar-refractivity contribution in [1.82, 2.24) is 0 Å². The van der Waals surface area contributed by atoms with Crippen molar-refractivity contribution in [3.8, 4) is 5.75 Å². The topological polar surface area (TPSA) is 52.3 Å². The van der Waals surface area contributed by atoms with Gasteiger partial charge in [-0.15, -0.1) is 0 Å². The zero-order chi connectivity index (χ0) is 11.3. The highest BCUT2D eigenvalue weighted by atomic mass is 127. The van der Waals surface area contributed by atoms with Gasteiger partial charge in [0.05, 0.1) is 15.9 Å². The molecule has 4 heteroatoms. The first-order chi connectivity index (χ1) is 7.19. The van der Waals surface area contributed by atoms with E-state index in [1.54, 1.807) is 12.1 Å². The molecule has 0 aliphatic rings. The molecule has 0 bridgehead atoms. The number of ether oxygens (including phenoxy) is 1. The number of aldehydes is 1. The fraction of sp³-hybridized carbons (Fsp3) is 0.364. The number of anilines is 1. The Hall–Kier alpha value is -0.780. The Morgan fingerprint density at radius 3 is 2.80 bits per heavy atom. The third-order valence-electron chi connectivity index (χ3n) is 1.98. The number of benzene rings is 1. The SMILES string of the molecule is CCCCOc1c(N)cc(C=O)cc1I. The van der Waals surface area contributed by atoms with Crippen LogP contribution in [0.5, 0.6) is 5.75 Å². The number of carbonyl (C=O) groups excluding carboxylic acids is 1. The van der Waals surface area contributed by atoms with E-state index in [-0.39, 0.29) is 0 Å². The van der Waals surface area contributed by atoms with Crippen molar-refractivity contribution < 1.29 is 9.53 Å². The number of halogens is 1. The van der Waals surface area contributed by atoms with Gasteiger partial charge in [-0.1, -0.05) is 13.3 Å². The maximum absolute atomic E-state index is 10.6. The van der Waals surface area contributed by atoms with Crippen LogP contribution in [0.15, 0.2) is 12.1 Å². The molecule has 0 atom stereocenters. The largest absolute Gasteiger partial charge is 0.490 e. The summed E-state index contributed by atoms with van der Waals surface area (Å²) in [6.45, 7) is 2.77. The molecule has 0 aliphatic carbocycles. The van der Waals surface area contributed by atoms with Crippen LogP contribution < -0.4 is 10.5 Å². The number of carbonyl (C=O) groups is 1. The summed E-state index contributed by atoms with van der Waals surface area (Å²) >= 11 is 2.12. The Labute approximate surface area is 103 Å². The fourth-order valence-corrected chi connectivity index (χ4v) is 2.00. The molecule has 0 saturated heterocycles. The Morgan fingerprint density at radius 2 is 2.27 bits per heavy atom. The minimum atomic E-state index is 0.528. The monoisotopic (exact) mass is 319 g/mol. The molecule has 2 N–H and O–H groups in total. The first kappa shape index (κ1) is 12.3. The van der Waals surface area contributed by atoms with Gasteiger partial charge in [0, 0.05) is 5.56 Å². The van der Waals surface area contributed by atoms with Gasteiger partial charge in [0.25, 0.3) is 0 Å². The number of nitrogen functional groups attached to an aromatic ring is 1. The van der Waals surface area contributed by atoms with Crippen LogP contribution in [0, 0.1) is 3.57 Å². The molecule has 0 unspecified atom stereocenters. The Morgan fingerprint density at radius 1 is 1.53 bits per heavy atom. The van der Waals surface area contributed by atoms with Crippen molar-refractivity contribution in [2.45, 2.75) is 19.8 Å². The van der Waals surface area contributed by atoms with Gasteiger partial charge in [-0.25, -0.2) is 0 Å². The molecule has 0 amide bonds. The number of hydrogen-bond acceptors (Lipinski definition) is 3. The van der Waals surface area contributed by atoms with E-state index in [0.717, 1.165) is 22.7 Å². The van der Waals surface area contributed by atoms with Crippen molar-refractivity contribution in [1.29, 1.82) is 0 Å². The van der Waals surface area contributed by atoms with Crippen LogP contribution in [0.2, 0.25) is 0 Å². The zero-order valence-electron chi connectivity index (χ0n) is 8.63. The fourth-order valence-electron chi connectivity index (χ4n) is 1.18. The third-order valence-corrected chi connectivity index (χ3v) is 2.78. The summed E-state index contributed by atoms with van der Waals surface area (Å²) in [6.07, 6.45) is 2.88. The maximum atomic E-state index is 10.6. The van der Waals surface area contributed by atoms with E-state index in [2.05, 4.69) is 29.5 Å². The van der Waals surface area contributed by atoms with Crippen LogP contribution in [0.3, 0.4) is 0 Å². The van der Waals surface area contributed by atoms with Crippen molar-refractivity contribution >= 4 is 34.6 Å². The summed E-state index contributed by atoms with van der Waals surface area (Å²) < 4.78 is 6.44. The van der Waals surface area contributed by atoms with Crippen LogP contribution in [0.25, 0.3) is 0 Å². The predicted molar refractivity (Wildman–Crippen MR) is 69.4 cm³/mol. The maximum Gasteiger partial charge on any atom is 0.155 e. The van der Waals surface area contributed by atoms with Gasteiger partial charge >= 0.3 is 0 Å². The molecule has 0 saturated carbocycles. The third kappa shape index (κ3) is 3.37. The molecule has 0 spiro atoms. The van der Waals surface area contributed by atoms with Gasteiger partial charge in [-0.3, -0.25) is 4.79 Å². The molecule has 0 radical (unpaired) electrons. The van der Waals surface area contributed by atoms with E-state index >= 15 is 0 Å². The lowest BCUT2D eigenvalue weighted by Crippen LogP contribution is -2.02. The highest BCUT2D eigenvalue weighted by molar-refractivity contribution is 14.1. The van der Waals surface area contributed by atoms with Gasteiger partial charge in [-0.2, -0.15) is 0 Å². The number of nitrogens with two attached hydrogens (primary N) is 1. The smallest absolute Gasteiger partial charge is 0.155 e. The summed E-state index contributed by atoms with van der Waals surface area (Å²) in [5, 5.41) is 0. The van der Waals surface area contributed by atoms with Gasteiger partial charge in [-0.05, 0) is 41.1 Å². The van der Waals surface area contributed by atoms with Gasteiger partial charge in [0.2, 0.25) is 0 Å². The van der Waals surface area contributed by atoms with Crippen molar-refractivity contribution in [2.24, 2.45) is 0 Å². The van der Waals surface area contributed by atoms with Crippen molar-refractivity contribution in [2.75, 3.05) is 12.3 Å². The molecule has 0 heterocycles. The molecule has 1 aromatic rings. The van der Waals surface area contributed by atoms with E-state index in [0.29, 0.717) is 23.6 Å². The second-order valence-electron chi connectivity index (χ2n) is 3.24. The Kier molecular flexibility index (Phi) is 4.87. The lowest BCUT2D eigenvalue weighted by Gasteiger charge is -2.10. The second kappa shape index (κ2) is 5.95. The summed E-state index contributed by atoms with van der Waals surface area (Å²) in [6, 6.07) is 3.40. The summed E-state index contributed by atoms with van der Waals surface area (Å²) in [5.74, 6) is 0.689. The molecule has 82 valence electrons. The highest BCUT2D eigenvalue weighted by Crippen LogP contribution is 2.29. The average molecular weight is 319 g/mol. The summed E-state index contributed by atoms with van der Waals surface area (Å²) in [5.41, 5.74) is 6.90. The highest BCUT2D eigenvalue weighted by Gasteiger charge is 2.07. The molecule has 15 heavy (non-hydrogen) atoms. The van der Waals surface area contributed by atoms with Crippen molar-refractivity contribution in [3.05, 3.63) is 21.3 Å². The standard InChI is InChI=1S/C11H14INO2/c1-2-3-4-15-11-9(12)5-8(7-14)6-10(11)13/h5-7H,2-4,13H2,1H3. The lowest BCUT2D eigenvalue weighted by molar-refractivity contribution is 0.112. The van der Waals surface area contributed by atoms with E-state index in [1.807, 2.05) is 0 Å². The summed E-state index contributed by atoms with van der Waals surface area (Å²) in [7, 11) is 0. The van der Waals surface area contributed by atoms with Crippen LogP contribution in [-0.4, -0.2) is 12.9 Å². The molecule has 3 nitrogen and oxygen atoms in total. The average Bonchev–Trinajstić information content (AvgIpc) is 2.22. The van der Waals surface area contributed by atoms with Crippen LogP contribution in [-0.2, 0) is 0 Å². The zero-order valence-corrected chi connectivity index (χ0v) is 10.8. The Bertz CT molecular complexity index is 329. The predicted octanol–water partition coefficient (Wildman–Crippen LogP) is 2.86. The van der Waals surface area contributed by atoms with Gasteiger partial charge in [0.1, 0.15) is 6.29 Å². The molecule has 1 aromatic carbocycles. The second-order valence-corrected chi connectivity index (χ2v) is 4.40. The number of hydrogen-bond donors (Lipinski definition) is 1. The molecular formula is C11H14INO2. The van der Waals surface area contributed by atoms with Crippen LogP contribution in [0.1, 0.15) is 30.1 Å². The van der Waals surface area contributed by atoms with E-state index < -0.39 is 0 Å². The van der Waals surface area contributed by atoms with E-state index in [1.165, 1.54) is 0 Å². The molecule has 0 fully saturated rings. The Balaban J connectivity index is 2.83. The molecule has 1 rings (SSSR count). The molecular weight excluding hydrogens is 305 g/mol. The first-order valence-electron chi connectivity index (χ1n) is 4.86. The number of unbranched alkanes of at least 4 members (excludes halogenated alkanes) is 1. The van der Waals surface area contributed by atoms with Crippen LogP contribution >= 0.6 is 22.6 Å². The van der Waals surface area contributed by atoms with Crippen LogP contribution in [0.4, 0.5) is 5.69 Å². The minimum absolute atomic E-state index is 0.528. The summed E-state index contributed by atoms with van der Waals surface area (Å²) in [4.78, 5) is 10.6. The minimum Gasteiger partial charge on any atom is -0.490 e. The normalized spacial score (nSPS) is 10.0.